The number of carbonyl (C=O) groups excluding carboxylic acids is 1. The van der Waals surface area contributed by atoms with Crippen molar-refractivity contribution < 1.29 is 9.69 Å². The van der Waals surface area contributed by atoms with Gasteiger partial charge in [0.2, 0.25) is 0 Å². The molecule has 3 aromatic rings. The molecule has 3 heteroatoms. The molecule has 1 aliphatic carbocycles. The first-order chi connectivity index (χ1) is 12.2. The van der Waals surface area contributed by atoms with Gasteiger partial charge in [0.05, 0.1) is 33.2 Å². The minimum atomic E-state index is 0.147. The summed E-state index contributed by atoms with van der Waals surface area (Å²) in [5.74, 6) is 0.147. The van der Waals surface area contributed by atoms with E-state index in [0.717, 1.165) is 48.3 Å². The molecule has 3 nitrogen and oxygen atoms in total. The lowest BCUT2D eigenvalue weighted by molar-refractivity contribution is -0.880. The van der Waals surface area contributed by atoms with Crippen LogP contribution in [-0.4, -0.2) is 39.0 Å². The molecule has 0 aromatic heterocycles. The van der Waals surface area contributed by atoms with Crippen molar-refractivity contribution in [3.63, 3.8) is 0 Å². The second-order valence-corrected chi connectivity index (χ2v) is 7.18. The molecule has 1 N–H and O–H groups in total. The van der Waals surface area contributed by atoms with Gasteiger partial charge in [0.1, 0.15) is 0 Å². The van der Waals surface area contributed by atoms with E-state index in [2.05, 4.69) is 36.2 Å². The average Bonchev–Trinajstić information content (AvgIpc) is 2.66. The van der Waals surface area contributed by atoms with Crippen LogP contribution in [0.3, 0.4) is 0 Å². The van der Waals surface area contributed by atoms with Crippen LogP contribution < -0.4 is 9.80 Å². The van der Waals surface area contributed by atoms with Gasteiger partial charge in [-0.25, -0.2) is 0 Å². The van der Waals surface area contributed by atoms with Crippen molar-refractivity contribution in [2.75, 3.05) is 38.1 Å². The number of nitrogens with zero attached hydrogens (tertiary/aromatic N) is 1. The first-order valence-corrected chi connectivity index (χ1v) is 9.00. The molecule has 2 aliphatic rings. The normalized spacial score (nSPS) is 17.0. The average molecular weight is 329 g/mol. The standard InChI is InChI=1S/C22H20N2O/c1-23-11-13-24(14-12-23)20-10-9-16-15-5-2-3-6-17(15)22(25)19-8-4-7-18(20)21(16)19/h2-10H,11-14H2,1H3/p+1. The summed E-state index contributed by atoms with van der Waals surface area (Å²) in [6.07, 6.45) is 0. The van der Waals surface area contributed by atoms with E-state index < -0.39 is 0 Å². The number of hydrogen-bond acceptors (Lipinski definition) is 2. The predicted molar refractivity (Wildman–Crippen MR) is 102 cm³/mol. The number of nitrogens with one attached hydrogen (secondary N) is 1. The Labute approximate surface area is 147 Å². The van der Waals surface area contributed by atoms with Crippen LogP contribution in [0, 0.1) is 0 Å². The van der Waals surface area contributed by atoms with Crippen LogP contribution in [0.5, 0.6) is 0 Å². The number of benzene rings is 3. The number of quaternary nitrogens is 1. The van der Waals surface area contributed by atoms with E-state index in [1.807, 2.05) is 30.3 Å². The molecule has 0 saturated carbocycles. The van der Waals surface area contributed by atoms with Crippen LogP contribution in [0.15, 0.2) is 54.6 Å². The Morgan fingerprint density at radius 3 is 2.32 bits per heavy atom. The molecule has 5 rings (SSSR count). The van der Waals surface area contributed by atoms with Gasteiger partial charge < -0.3 is 9.80 Å². The zero-order valence-electron chi connectivity index (χ0n) is 14.4. The Kier molecular flexibility index (Phi) is 3.19. The molecule has 0 radical (unpaired) electrons. The first kappa shape index (κ1) is 14.7. The molecule has 1 fully saturated rings. The first-order valence-electron chi connectivity index (χ1n) is 9.00. The fourth-order valence-corrected chi connectivity index (χ4v) is 4.27. The molecule has 3 aromatic carbocycles. The molecular formula is C22H21N2O+. The third-order valence-electron chi connectivity index (χ3n) is 5.68. The lowest BCUT2D eigenvalue weighted by Gasteiger charge is -2.33. The third-order valence-corrected chi connectivity index (χ3v) is 5.68. The fourth-order valence-electron chi connectivity index (χ4n) is 4.27. The number of fused-ring (bicyclic) bond motifs is 2. The van der Waals surface area contributed by atoms with Crippen LogP contribution in [0.4, 0.5) is 5.69 Å². The SMILES string of the molecule is C[NH+]1CCN(c2ccc3c4c(cccc24)C(=O)c2ccccc2-3)CC1. The second-order valence-electron chi connectivity index (χ2n) is 7.18. The minimum absolute atomic E-state index is 0.147. The van der Waals surface area contributed by atoms with Crippen LogP contribution in [-0.2, 0) is 0 Å². The van der Waals surface area contributed by atoms with Crippen molar-refractivity contribution >= 4 is 22.2 Å². The van der Waals surface area contributed by atoms with E-state index in [1.54, 1.807) is 4.90 Å². The smallest absolute Gasteiger partial charge is 0.194 e. The van der Waals surface area contributed by atoms with E-state index >= 15 is 0 Å². The number of ketones is 1. The summed E-state index contributed by atoms with van der Waals surface area (Å²) in [7, 11) is 2.25. The largest absolute Gasteiger partial charge is 0.360 e. The summed E-state index contributed by atoms with van der Waals surface area (Å²) < 4.78 is 0. The van der Waals surface area contributed by atoms with Gasteiger partial charge in [-0.2, -0.15) is 0 Å². The van der Waals surface area contributed by atoms with E-state index in [0.29, 0.717) is 0 Å². The summed E-state index contributed by atoms with van der Waals surface area (Å²) in [5, 5.41) is 2.33. The van der Waals surface area contributed by atoms with Crippen molar-refractivity contribution in [3.05, 3.63) is 65.7 Å². The fraction of sp³-hybridized carbons (Fsp3) is 0.227. The van der Waals surface area contributed by atoms with Gasteiger partial charge >= 0.3 is 0 Å². The molecule has 0 bridgehead atoms. The molecule has 1 saturated heterocycles. The van der Waals surface area contributed by atoms with Crippen molar-refractivity contribution in [3.8, 4) is 11.1 Å². The monoisotopic (exact) mass is 329 g/mol. The van der Waals surface area contributed by atoms with E-state index in [-0.39, 0.29) is 5.78 Å². The van der Waals surface area contributed by atoms with E-state index in [4.69, 9.17) is 0 Å². The van der Waals surface area contributed by atoms with Crippen LogP contribution in [0.1, 0.15) is 15.9 Å². The van der Waals surface area contributed by atoms with Crippen molar-refractivity contribution in [1.29, 1.82) is 0 Å². The minimum Gasteiger partial charge on any atom is -0.360 e. The molecule has 0 spiro atoms. The number of hydrogen-bond donors (Lipinski definition) is 1. The van der Waals surface area contributed by atoms with Gasteiger partial charge in [0.25, 0.3) is 0 Å². The van der Waals surface area contributed by atoms with Crippen molar-refractivity contribution in [2.24, 2.45) is 0 Å². The van der Waals surface area contributed by atoms with E-state index in [1.165, 1.54) is 16.6 Å². The highest BCUT2D eigenvalue weighted by atomic mass is 16.1. The Balaban J connectivity index is 1.76. The second kappa shape index (κ2) is 5.43. The molecule has 1 aliphatic heterocycles. The third kappa shape index (κ3) is 2.12. The zero-order valence-corrected chi connectivity index (χ0v) is 14.4. The van der Waals surface area contributed by atoms with Gasteiger partial charge in [-0.1, -0.05) is 48.5 Å². The maximum absolute atomic E-state index is 13.0. The molecule has 124 valence electrons. The molecule has 0 atom stereocenters. The number of rotatable bonds is 1. The van der Waals surface area contributed by atoms with Gasteiger partial charge in [0.15, 0.2) is 5.78 Å². The van der Waals surface area contributed by atoms with Gasteiger partial charge in [-0.05, 0) is 17.2 Å². The Bertz CT molecular complexity index is 1000. The van der Waals surface area contributed by atoms with Crippen LogP contribution in [0.2, 0.25) is 0 Å². The van der Waals surface area contributed by atoms with Crippen molar-refractivity contribution in [2.45, 2.75) is 0 Å². The Morgan fingerprint density at radius 2 is 1.52 bits per heavy atom. The summed E-state index contributed by atoms with van der Waals surface area (Å²) in [6, 6.07) is 18.6. The summed E-state index contributed by atoms with van der Waals surface area (Å²) >= 11 is 0. The Morgan fingerprint density at radius 1 is 0.800 bits per heavy atom. The van der Waals surface area contributed by atoms with Crippen LogP contribution >= 0.6 is 0 Å². The van der Waals surface area contributed by atoms with Gasteiger partial charge in [-0.15, -0.1) is 0 Å². The topological polar surface area (TPSA) is 24.8 Å². The molecule has 0 amide bonds. The summed E-state index contributed by atoms with van der Waals surface area (Å²) in [6.45, 7) is 4.44. The molecule has 1 heterocycles. The van der Waals surface area contributed by atoms with Gasteiger partial charge in [0, 0.05) is 27.6 Å². The van der Waals surface area contributed by atoms with Crippen molar-refractivity contribution in [1.82, 2.24) is 0 Å². The maximum atomic E-state index is 13.0. The highest BCUT2D eigenvalue weighted by Gasteiger charge is 2.27. The number of likely N-dealkylation sites (N-methyl/N-ethyl adjacent to an activating group) is 1. The van der Waals surface area contributed by atoms with Gasteiger partial charge in [-0.3, -0.25) is 4.79 Å². The number of carbonyl (C=O) groups is 1. The highest BCUT2D eigenvalue weighted by molar-refractivity contribution is 6.27. The lowest BCUT2D eigenvalue weighted by Crippen LogP contribution is -3.12. The van der Waals surface area contributed by atoms with Crippen LogP contribution in [0.25, 0.3) is 21.9 Å². The Hall–Kier alpha value is -2.65. The summed E-state index contributed by atoms with van der Waals surface area (Å²) in [4.78, 5) is 17.1. The lowest BCUT2D eigenvalue weighted by atomic mass is 9.82. The molecule has 25 heavy (non-hydrogen) atoms. The van der Waals surface area contributed by atoms with E-state index in [9.17, 15) is 4.79 Å². The predicted octanol–water partition coefficient (Wildman–Crippen LogP) is 2.39. The zero-order chi connectivity index (χ0) is 17.0. The molecular weight excluding hydrogens is 308 g/mol. The quantitative estimate of drug-likeness (QED) is 0.580. The highest BCUT2D eigenvalue weighted by Crippen LogP contribution is 2.42. The summed E-state index contributed by atoms with van der Waals surface area (Å²) in [5.41, 5.74) is 5.17. The number of anilines is 1. The maximum Gasteiger partial charge on any atom is 0.194 e. The number of piperazine rings is 1. The molecule has 0 unspecified atom stereocenters.